The summed E-state index contributed by atoms with van der Waals surface area (Å²) in [6.07, 6.45) is 0. The molecule has 0 aromatic heterocycles. The van der Waals surface area contributed by atoms with Crippen LogP contribution in [-0.2, 0) is 4.79 Å². The van der Waals surface area contributed by atoms with Gasteiger partial charge in [-0.15, -0.1) is 0 Å². The summed E-state index contributed by atoms with van der Waals surface area (Å²) < 4.78 is 5.19. The van der Waals surface area contributed by atoms with Crippen molar-refractivity contribution in [2.75, 3.05) is 17.3 Å². The zero-order valence-electron chi connectivity index (χ0n) is 11.6. The lowest BCUT2D eigenvalue weighted by atomic mass is 9.94. The zero-order chi connectivity index (χ0) is 13.5. The van der Waals surface area contributed by atoms with Crippen LogP contribution >= 0.6 is 0 Å². The number of fused-ring (bicyclic) bond motifs is 1. The van der Waals surface area contributed by atoms with Gasteiger partial charge in [0.05, 0.1) is 18.5 Å². The number of nitrogens with zero attached hydrogens (tertiary/aromatic N) is 1. The van der Waals surface area contributed by atoms with E-state index in [0.29, 0.717) is 0 Å². The first-order valence-corrected chi connectivity index (χ1v) is 6.16. The van der Waals surface area contributed by atoms with E-state index < -0.39 is 5.54 Å². The standard InChI is InChI=1S/C14H20N2O2/c1-9(2)16-12-7-6-10(18-5)8-11(12)15-13(17)14(16,3)4/h6-9H,1-5H3,(H,15,17). The maximum absolute atomic E-state index is 12.2. The lowest BCUT2D eigenvalue weighted by Gasteiger charge is -2.46. The fourth-order valence-electron chi connectivity index (χ4n) is 2.56. The summed E-state index contributed by atoms with van der Waals surface area (Å²) >= 11 is 0. The van der Waals surface area contributed by atoms with Gasteiger partial charge in [0.1, 0.15) is 11.3 Å². The molecule has 0 radical (unpaired) electrons. The van der Waals surface area contributed by atoms with E-state index in [1.54, 1.807) is 7.11 Å². The van der Waals surface area contributed by atoms with Crippen LogP contribution in [0.5, 0.6) is 5.75 Å². The Labute approximate surface area is 108 Å². The van der Waals surface area contributed by atoms with Gasteiger partial charge in [-0.25, -0.2) is 0 Å². The number of nitrogens with one attached hydrogen (secondary N) is 1. The minimum absolute atomic E-state index is 0.0111. The lowest BCUT2D eigenvalue weighted by Crippen LogP contribution is -2.58. The van der Waals surface area contributed by atoms with Crippen molar-refractivity contribution in [2.24, 2.45) is 0 Å². The summed E-state index contributed by atoms with van der Waals surface area (Å²) in [4.78, 5) is 14.3. The van der Waals surface area contributed by atoms with E-state index in [4.69, 9.17) is 4.74 Å². The smallest absolute Gasteiger partial charge is 0.249 e. The fraction of sp³-hybridized carbons (Fsp3) is 0.500. The van der Waals surface area contributed by atoms with Gasteiger partial charge in [-0.2, -0.15) is 0 Å². The number of rotatable bonds is 2. The third-order valence-electron chi connectivity index (χ3n) is 3.39. The quantitative estimate of drug-likeness (QED) is 0.874. The molecule has 1 aromatic carbocycles. The van der Waals surface area contributed by atoms with Crippen molar-refractivity contribution < 1.29 is 9.53 Å². The first-order chi connectivity index (χ1) is 8.37. The van der Waals surface area contributed by atoms with Crippen molar-refractivity contribution in [1.29, 1.82) is 0 Å². The maximum atomic E-state index is 12.2. The van der Waals surface area contributed by atoms with Crippen molar-refractivity contribution in [1.82, 2.24) is 0 Å². The SMILES string of the molecule is COc1ccc2c(c1)NC(=O)C(C)(C)N2C(C)C. The van der Waals surface area contributed by atoms with Crippen LogP contribution in [0.3, 0.4) is 0 Å². The second-order valence-corrected chi connectivity index (χ2v) is 5.36. The molecule has 4 heteroatoms. The third-order valence-corrected chi connectivity index (χ3v) is 3.39. The highest BCUT2D eigenvalue weighted by Gasteiger charge is 2.41. The summed E-state index contributed by atoms with van der Waals surface area (Å²) in [6, 6.07) is 6.02. The monoisotopic (exact) mass is 248 g/mol. The Morgan fingerprint density at radius 3 is 2.56 bits per heavy atom. The van der Waals surface area contributed by atoms with Gasteiger partial charge in [-0.3, -0.25) is 4.79 Å². The molecule has 0 bridgehead atoms. The van der Waals surface area contributed by atoms with E-state index in [-0.39, 0.29) is 11.9 Å². The van der Waals surface area contributed by atoms with Crippen LogP contribution in [-0.4, -0.2) is 24.6 Å². The van der Waals surface area contributed by atoms with E-state index in [1.807, 2.05) is 32.0 Å². The Bertz CT molecular complexity index is 481. The molecule has 98 valence electrons. The summed E-state index contributed by atoms with van der Waals surface area (Å²) in [5.74, 6) is 0.759. The van der Waals surface area contributed by atoms with Gasteiger partial charge in [0.25, 0.3) is 0 Å². The molecule has 0 atom stereocenters. The Morgan fingerprint density at radius 1 is 1.33 bits per heavy atom. The summed E-state index contributed by atoms with van der Waals surface area (Å²) in [7, 11) is 1.62. The average Bonchev–Trinajstić information content (AvgIpc) is 2.29. The summed E-state index contributed by atoms with van der Waals surface area (Å²) in [5.41, 5.74) is 1.30. The van der Waals surface area contributed by atoms with Crippen LogP contribution in [0.4, 0.5) is 11.4 Å². The van der Waals surface area contributed by atoms with Crippen molar-refractivity contribution in [3.63, 3.8) is 0 Å². The normalized spacial score (nSPS) is 17.4. The van der Waals surface area contributed by atoms with E-state index in [1.165, 1.54) is 0 Å². The minimum atomic E-state index is -0.546. The molecule has 4 nitrogen and oxygen atoms in total. The average molecular weight is 248 g/mol. The predicted molar refractivity (Wildman–Crippen MR) is 73.3 cm³/mol. The number of hydrogen-bond donors (Lipinski definition) is 1. The first-order valence-electron chi connectivity index (χ1n) is 6.16. The predicted octanol–water partition coefficient (Wildman–Crippen LogP) is 2.64. The third kappa shape index (κ3) is 1.82. The lowest BCUT2D eigenvalue weighted by molar-refractivity contribution is -0.120. The van der Waals surface area contributed by atoms with Crippen LogP contribution in [0.15, 0.2) is 18.2 Å². The highest BCUT2D eigenvalue weighted by molar-refractivity contribution is 6.06. The summed E-state index contributed by atoms with van der Waals surface area (Å²) in [6.45, 7) is 8.06. The molecule has 0 unspecified atom stereocenters. The van der Waals surface area contributed by atoms with Crippen molar-refractivity contribution >= 4 is 17.3 Å². The van der Waals surface area contributed by atoms with Crippen molar-refractivity contribution in [3.8, 4) is 5.75 Å². The van der Waals surface area contributed by atoms with E-state index in [9.17, 15) is 4.79 Å². The molecule has 0 aliphatic carbocycles. The molecule has 0 saturated carbocycles. The van der Waals surface area contributed by atoms with E-state index in [2.05, 4.69) is 24.1 Å². The number of methoxy groups -OCH3 is 1. The van der Waals surface area contributed by atoms with Gasteiger partial charge < -0.3 is 15.0 Å². The molecule has 1 heterocycles. The van der Waals surface area contributed by atoms with Gasteiger partial charge in [0.2, 0.25) is 5.91 Å². The molecule has 0 spiro atoms. The minimum Gasteiger partial charge on any atom is -0.497 e. The first kappa shape index (κ1) is 12.7. The van der Waals surface area contributed by atoms with Gasteiger partial charge in [0, 0.05) is 12.1 Å². The van der Waals surface area contributed by atoms with Gasteiger partial charge in [-0.05, 0) is 39.8 Å². The Kier molecular flexibility index (Phi) is 2.97. The number of carbonyl (C=O) groups excluding carboxylic acids is 1. The van der Waals surface area contributed by atoms with Crippen LogP contribution in [0.2, 0.25) is 0 Å². The number of benzene rings is 1. The molecule has 0 saturated heterocycles. The highest BCUT2D eigenvalue weighted by atomic mass is 16.5. The summed E-state index contributed by atoms with van der Waals surface area (Å²) in [5, 5.41) is 2.95. The van der Waals surface area contributed by atoms with Crippen LogP contribution in [0.25, 0.3) is 0 Å². The van der Waals surface area contributed by atoms with Crippen molar-refractivity contribution in [3.05, 3.63) is 18.2 Å². The molecule has 18 heavy (non-hydrogen) atoms. The molecule has 2 rings (SSSR count). The highest BCUT2D eigenvalue weighted by Crippen LogP contribution is 2.39. The Morgan fingerprint density at radius 2 is 2.00 bits per heavy atom. The van der Waals surface area contributed by atoms with E-state index in [0.717, 1.165) is 17.1 Å². The molecular weight excluding hydrogens is 228 g/mol. The molecule has 0 fully saturated rings. The van der Waals surface area contributed by atoms with Crippen molar-refractivity contribution in [2.45, 2.75) is 39.3 Å². The molecule has 1 amide bonds. The van der Waals surface area contributed by atoms with Crippen LogP contribution in [0, 0.1) is 0 Å². The Hall–Kier alpha value is -1.71. The number of ether oxygens (including phenoxy) is 1. The number of anilines is 2. The second kappa shape index (κ2) is 4.19. The van der Waals surface area contributed by atoms with Crippen LogP contribution in [0.1, 0.15) is 27.7 Å². The van der Waals surface area contributed by atoms with Gasteiger partial charge in [0.15, 0.2) is 0 Å². The largest absolute Gasteiger partial charge is 0.497 e. The van der Waals surface area contributed by atoms with E-state index >= 15 is 0 Å². The number of carbonyl (C=O) groups is 1. The molecule has 1 aliphatic rings. The second-order valence-electron chi connectivity index (χ2n) is 5.36. The fourth-order valence-corrected chi connectivity index (χ4v) is 2.56. The molecular formula is C14H20N2O2. The zero-order valence-corrected chi connectivity index (χ0v) is 11.6. The molecule has 1 N–H and O–H groups in total. The van der Waals surface area contributed by atoms with Crippen LogP contribution < -0.4 is 15.0 Å². The number of hydrogen-bond acceptors (Lipinski definition) is 3. The van der Waals surface area contributed by atoms with Gasteiger partial charge in [-0.1, -0.05) is 0 Å². The Balaban J connectivity index is 2.56. The number of amides is 1. The molecule has 1 aliphatic heterocycles. The topological polar surface area (TPSA) is 41.6 Å². The maximum Gasteiger partial charge on any atom is 0.249 e. The van der Waals surface area contributed by atoms with Gasteiger partial charge >= 0.3 is 0 Å². The molecule has 1 aromatic rings.